The Bertz CT molecular complexity index is 1590. The van der Waals surface area contributed by atoms with E-state index in [0.717, 1.165) is 16.5 Å². The van der Waals surface area contributed by atoms with Crippen molar-refractivity contribution < 1.29 is 18.7 Å². The van der Waals surface area contributed by atoms with E-state index in [-0.39, 0.29) is 18.3 Å². The van der Waals surface area contributed by atoms with Crippen molar-refractivity contribution in [3.63, 3.8) is 0 Å². The highest BCUT2D eigenvalue weighted by Gasteiger charge is 2.32. The van der Waals surface area contributed by atoms with Gasteiger partial charge in [0.2, 0.25) is 0 Å². The molecular weight excluding hydrogens is 501 g/mol. The third-order valence-corrected chi connectivity index (χ3v) is 7.20. The number of para-hydroxylation sites is 1. The molecule has 192 valence electrons. The average Bonchev–Trinajstić information content (AvgIpc) is 3.42. The number of esters is 1. The number of amidine groups is 1. The predicted octanol–water partition coefficient (Wildman–Crippen LogP) is 6.63. The van der Waals surface area contributed by atoms with Crippen molar-refractivity contribution in [2.75, 3.05) is 13.2 Å². The van der Waals surface area contributed by atoms with Crippen molar-refractivity contribution in [1.82, 2.24) is 9.47 Å². The first-order valence-electron chi connectivity index (χ1n) is 12.4. The number of halogens is 1. The van der Waals surface area contributed by atoms with Crippen LogP contribution < -0.4 is 0 Å². The van der Waals surface area contributed by atoms with Crippen LogP contribution in [0.5, 0.6) is 0 Å². The number of aromatic nitrogens is 1. The standard InChI is InChI=1S/C30H26FN3O3S/c1-3-34-28(35)27(38-30(34)32-23-12-9-11-20(16-23)29(36)37-4-2)17-22-19-33(26-15-8-6-13-24(22)26)18-21-10-5-7-14-25(21)31/h5-17,19H,3-4,18H2,1-2H3. The number of carbonyl (C=O) groups excluding carboxylic acids is 2. The number of nitrogens with zero attached hydrogens (tertiary/aromatic N) is 3. The molecule has 4 aromatic rings. The molecule has 0 unspecified atom stereocenters. The monoisotopic (exact) mass is 527 g/mol. The summed E-state index contributed by atoms with van der Waals surface area (Å²) < 4.78 is 21.4. The molecule has 1 fully saturated rings. The number of hydrogen-bond acceptors (Lipinski definition) is 5. The minimum atomic E-state index is -0.413. The first-order chi connectivity index (χ1) is 18.5. The summed E-state index contributed by atoms with van der Waals surface area (Å²) >= 11 is 1.29. The lowest BCUT2D eigenvalue weighted by Gasteiger charge is -2.12. The summed E-state index contributed by atoms with van der Waals surface area (Å²) in [4.78, 5) is 32.3. The zero-order valence-corrected chi connectivity index (χ0v) is 21.9. The van der Waals surface area contributed by atoms with Crippen LogP contribution in [0.2, 0.25) is 0 Å². The van der Waals surface area contributed by atoms with Crippen LogP contribution >= 0.6 is 11.8 Å². The molecular formula is C30H26FN3O3S. The molecule has 38 heavy (non-hydrogen) atoms. The number of hydrogen-bond donors (Lipinski definition) is 0. The van der Waals surface area contributed by atoms with Gasteiger partial charge >= 0.3 is 5.97 Å². The molecule has 3 aromatic carbocycles. The molecule has 1 aromatic heterocycles. The zero-order valence-electron chi connectivity index (χ0n) is 21.1. The van der Waals surface area contributed by atoms with Crippen molar-refractivity contribution in [3.8, 4) is 0 Å². The van der Waals surface area contributed by atoms with Crippen molar-refractivity contribution in [2.45, 2.75) is 20.4 Å². The number of ether oxygens (including phenoxy) is 1. The van der Waals surface area contributed by atoms with Crippen LogP contribution in [0.4, 0.5) is 10.1 Å². The summed E-state index contributed by atoms with van der Waals surface area (Å²) in [5, 5.41) is 1.51. The molecule has 1 aliphatic rings. The molecule has 0 bridgehead atoms. The SMILES string of the molecule is CCOC(=O)c1cccc(N=C2SC(=Cc3cn(Cc4ccccc4F)c4ccccc34)C(=O)N2CC)c1. The van der Waals surface area contributed by atoms with Gasteiger partial charge in [0.05, 0.1) is 29.3 Å². The molecule has 0 radical (unpaired) electrons. The minimum Gasteiger partial charge on any atom is -0.462 e. The van der Waals surface area contributed by atoms with Gasteiger partial charge in [-0.1, -0.05) is 42.5 Å². The van der Waals surface area contributed by atoms with Gasteiger partial charge in [-0.25, -0.2) is 14.2 Å². The fourth-order valence-electron chi connectivity index (χ4n) is 4.37. The second-order valence-corrected chi connectivity index (χ2v) is 9.66. The molecule has 0 N–H and O–H groups in total. The smallest absolute Gasteiger partial charge is 0.338 e. The van der Waals surface area contributed by atoms with E-state index in [0.29, 0.717) is 40.0 Å². The van der Waals surface area contributed by atoms with E-state index in [2.05, 4.69) is 4.99 Å². The number of amides is 1. The van der Waals surface area contributed by atoms with E-state index < -0.39 is 5.97 Å². The summed E-state index contributed by atoms with van der Waals surface area (Å²) in [7, 11) is 0. The number of aliphatic imine (C=N–C) groups is 1. The lowest BCUT2D eigenvalue weighted by Crippen LogP contribution is -2.28. The second-order valence-electron chi connectivity index (χ2n) is 8.65. The van der Waals surface area contributed by atoms with Crippen LogP contribution in [-0.4, -0.2) is 39.7 Å². The quantitative estimate of drug-likeness (QED) is 0.200. The van der Waals surface area contributed by atoms with Gasteiger partial charge in [0.1, 0.15) is 5.82 Å². The van der Waals surface area contributed by atoms with Gasteiger partial charge in [-0.05, 0) is 62.0 Å². The lowest BCUT2D eigenvalue weighted by atomic mass is 10.1. The zero-order chi connectivity index (χ0) is 26.6. The Morgan fingerprint density at radius 2 is 1.84 bits per heavy atom. The van der Waals surface area contributed by atoms with Crippen molar-refractivity contribution in [3.05, 3.63) is 106 Å². The van der Waals surface area contributed by atoms with Gasteiger partial charge in [0.25, 0.3) is 5.91 Å². The molecule has 0 spiro atoms. The van der Waals surface area contributed by atoms with Crippen LogP contribution in [0.1, 0.15) is 35.3 Å². The Labute approximate surface area is 224 Å². The van der Waals surface area contributed by atoms with Gasteiger partial charge in [-0.2, -0.15) is 0 Å². The van der Waals surface area contributed by atoms with Gasteiger partial charge in [-0.3, -0.25) is 9.69 Å². The first kappa shape index (κ1) is 25.5. The maximum Gasteiger partial charge on any atom is 0.338 e. The average molecular weight is 528 g/mol. The third-order valence-electron chi connectivity index (χ3n) is 6.19. The third kappa shape index (κ3) is 5.13. The number of likely N-dealkylation sites (N-methyl/N-ethyl adjacent to an activating group) is 1. The van der Waals surface area contributed by atoms with E-state index in [1.165, 1.54) is 17.8 Å². The minimum absolute atomic E-state index is 0.135. The van der Waals surface area contributed by atoms with Crippen LogP contribution in [0.15, 0.2) is 88.9 Å². The Hall–Kier alpha value is -4.17. The van der Waals surface area contributed by atoms with Crippen LogP contribution in [0, 0.1) is 5.82 Å². The molecule has 0 aliphatic carbocycles. The molecule has 1 aliphatic heterocycles. The second kappa shape index (κ2) is 11.1. The van der Waals surface area contributed by atoms with Crippen LogP contribution in [0.3, 0.4) is 0 Å². The number of rotatable bonds is 7. The molecule has 6 nitrogen and oxygen atoms in total. The fourth-order valence-corrected chi connectivity index (χ4v) is 5.42. The number of carbonyl (C=O) groups is 2. The lowest BCUT2D eigenvalue weighted by molar-refractivity contribution is -0.122. The number of thioether (sulfide) groups is 1. The topological polar surface area (TPSA) is 63.9 Å². The molecule has 1 saturated heterocycles. The molecule has 0 atom stereocenters. The molecule has 0 saturated carbocycles. The van der Waals surface area contributed by atoms with E-state index in [9.17, 15) is 14.0 Å². The Balaban J connectivity index is 1.49. The van der Waals surface area contributed by atoms with E-state index >= 15 is 0 Å². The highest BCUT2D eigenvalue weighted by atomic mass is 32.2. The van der Waals surface area contributed by atoms with Gasteiger partial charge in [0.15, 0.2) is 5.17 Å². The Morgan fingerprint density at radius 1 is 1.05 bits per heavy atom. The molecule has 2 heterocycles. The predicted molar refractivity (Wildman–Crippen MR) is 150 cm³/mol. The Kier molecular flexibility index (Phi) is 7.42. The molecule has 1 amide bonds. The highest BCUT2D eigenvalue weighted by Crippen LogP contribution is 2.36. The fraction of sp³-hybridized carbons (Fsp3) is 0.167. The maximum absolute atomic E-state index is 14.4. The van der Waals surface area contributed by atoms with Gasteiger partial charge in [0, 0.05) is 34.8 Å². The molecule has 5 rings (SSSR count). The van der Waals surface area contributed by atoms with E-state index in [1.54, 1.807) is 48.2 Å². The van der Waals surface area contributed by atoms with Crippen LogP contribution in [0.25, 0.3) is 17.0 Å². The van der Waals surface area contributed by atoms with E-state index in [4.69, 9.17) is 4.74 Å². The van der Waals surface area contributed by atoms with Crippen molar-refractivity contribution >= 4 is 51.5 Å². The summed E-state index contributed by atoms with van der Waals surface area (Å²) in [6.45, 7) is 4.77. The normalized spacial score (nSPS) is 15.7. The Morgan fingerprint density at radius 3 is 2.63 bits per heavy atom. The van der Waals surface area contributed by atoms with Crippen molar-refractivity contribution in [2.24, 2.45) is 4.99 Å². The first-order valence-corrected chi connectivity index (χ1v) is 13.2. The largest absolute Gasteiger partial charge is 0.462 e. The summed E-state index contributed by atoms with van der Waals surface area (Å²) in [5.41, 5.74) is 3.39. The number of fused-ring (bicyclic) bond motifs is 1. The summed E-state index contributed by atoms with van der Waals surface area (Å²) in [6.07, 6.45) is 3.82. The van der Waals surface area contributed by atoms with Crippen molar-refractivity contribution in [1.29, 1.82) is 0 Å². The maximum atomic E-state index is 14.4. The van der Waals surface area contributed by atoms with Crippen LogP contribution in [-0.2, 0) is 16.1 Å². The highest BCUT2D eigenvalue weighted by molar-refractivity contribution is 8.18. The summed E-state index contributed by atoms with van der Waals surface area (Å²) in [6, 6.07) is 21.5. The number of benzene rings is 3. The summed E-state index contributed by atoms with van der Waals surface area (Å²) in [5.74, 6) is -0.800. The van der Waals surface area contributed by atoms with Gasteiger partial charge < -0.3 is 9.30 Å². The van der Waals surface area contributed by atoms with Gasteiger partial charge in [-0.15, -0.1) is 0 Å². The van der Waals surface area contributed by atoms with E-state index in [1.807, 2.05) is 54.1 Å². The molecule has 8 heteroatoms.